The SMILES string of the molecule is CCCCCCCCC#CCCCCCCCCCCC(CCC)CCCCCC. The summed E-state index contributed by atoms with van der Waals surface area (Å²) in [5, 5.41) is 0. The van der Waals surface area contributed by atoms with Crippen molar-refractivity contribution >= 4 is 0 Å². The molecule has 1 unspecified atom stereocenters. The molecule has 0 aliphatic heterocycles. The van der Waals surface area contributed by atoms with Crippen molar-refractivity contribution in [3.8, 4) is 11.8 Å². The third kappa shape index (κ3) is 23.8. The minimum Gasteiger partial charge on any atom is -0.103 e. The van der Waals surface area contributed by atoms with Crippen LogP contribution in [0.15, 0.2) is 0 Å². The zero-order valence-corrected chi connectivity index (χ0v) is 21.5. The largest absolute Gasteiger partial charge is 0.103 e. The van der Waals surface area contributed by atoms with Crippen LogP contribution in [-0.2, 0) is 0 Å². The van der Waals surface area contributed by atoms with Crippen LogP contribution in [0.4, 0.5) is 0 Å². The molecule has 0 aliphatic carbocycles. The average Bonchev–Trinajstić information content (AvgIpc) is 2.75. The molecule has 0 rings (SSSR count). The Morgan fingerprint density at radius 1 is 0.367 bits per heavy atom. The van der Waals surface area contributed by atoms with Gasteiger partial charge in [-0.15, -0.1) is 11.8 Å². The lowest BCUT2D eigenvalue weighted by Gasteiger charge is -2.15. The van der Waals surface area contributed by atoms with Crippen molar-refractivity contribution in [3.05, 3.63) is 0 Å². The second-order valence-corrected chi connectivity index (χ2v) is 9.74. The first kappa shape index (κ1) is 29.6. The standard InChI is InChI=1S/C30H58/c1-4-7-9-11-12-13-14-15-16-17-18-19-20-21-22-23-24-26-29-30(27-6-3)28-25-10-8-5-2/h30H,4-14,17-29H2,1-3H3. The van der Waals surface area contributed by atoms with E-state index in [1.165, 1.54) is 141 Å². The van der Waals surface area contributed by atoms with Crippen LogP contribution < -0.4 is 0 Å². The number of unbranched alkanes of at least 4 members (excludes halogenated alkanes) is 17. The van der Waals surface area contributed by atoms with Crippen molar-refractivity contribution in [2.75, 3.05) is 0 Å². The fraction of sp³-hybridized carbons (Fsp3) is 0.933. The molecule has 30 heavy (non-hydrogen) atoms. The topological polar surface area (TPSA) is 0 Å². The molecule has 0 aliphatic rings. The van der Waals surface area contributed by atoms with Crippen LogP contribution in [0.5, 0.6) is 0 Å². The first-order chi connectivity index (χ1) is 14.8. The molecule has 0 aromatic carbocycles. The number of rotatable bonds is 23. The predicted molar refractivity (Wildman–Crippen MR) is 139 cm³/mol. The van der Waals surface area contributed by atoms with Gasteiger partial charge in [-0.2, -0.15) is 0 Å². The fourth-order valence-electron chi connectivity index (χ4n) is 4.58. The number of hydrogen-bond acceptors (Lipinski definition) is 0. The summed E-state index contributed by atoms with van der Waals surface area (Å²) in [6, 6.07) is 0. The van der Waals surface area contributed by atoms with E-state index in [4.69, 9.17) is 0 Å². The Hall–Kier alpha value is -0.440. The van der Waals surface area contributed by atoms with E-state index in [-0.39, 0.29) is 0 Å². The molecule has 0 nitrogen and oxygen atoms in total. The van der Waals surface area contributed by atoms with Crippen molar-refractivity contribution in [3.63, 3.8) is 0 Å². The molecule has 0 spiro atoms. The molecule has 0 heteroatoms. The molecule has 0 saturated heterocycles. The highest BCUT2D eigenvalue weighted by molar-refractivity contribution is 4.98. The Morgan fingerprint density at radius 3 is 1.17 bits per heavy atom. The van der Waals surface area contributed by atoms with Gasteiger partial charge in [0.05, 0.1) is 0 Å². The minimum absolute atomic E-state index is 1.02. The lowest BCUT2D eigenvalue weighted by atomic mass is 9.91. The molecule has 0 heterocycles. The van der Waals surface area contributed by atoms with Gasteiger partial charge < -0.3 is 0 Å². The van der Waals surface area contributed by atoms with Gasteiger partial charge >= 0.3 is 0 Å². The summed E-state index contributed by atoms with van der Waals surface area (Å²) in [4.78, 5) is 0. The van der Waals surface area contributed by atoms with E-state index in [1.54, 1.807) is 0 Å². The normalized spacial score (nSPS) is 12.0. The monoisotopic (exact) mass is 418 g/mol. The molecule has 178 valence electrons. The molecule has 0 aromatic heterocycles. The van der Waals surface area contributed by atoms with E-state index in [2.05, 4.69) is 32.6 Å². The second kappa shape index (κ2) is 26.6. The van der Waals surface area contributed by atoms with Gasteiger partial charge in [0.25, 0.3) is 0 Å². The van der Waals surface area contributed by atoms with Crippen LogP contribution in [0, 0.1) is 17.8 Å². The van der Waals surface area contributed by atoms with Gasteiger partial charge in [-0.3, -0.25) is 0 Å². The molecule has 0 radical (unpaired) electrons. The first-order valence-corrected chi connectivity index (χ1v) is 14.3. The molecule has 0 aromatic rings. The molecular formula is C30H58. The third-order valence-electron chi connectivity index (χ3n) is 6.61. The van der Waals surface area contributed by atoms with E-state index < -0.39 is 0 Å². The molecule has 0 saturated carbocycles. The van der Waals surface area contributed by atoms with Gasteiger partial charge in [-0.25, -0.2) is 0 Å². The van der Waals surface area contributed by atoms with E-state index >= 15 is 0 Å². The van der Waals surface area contributed by atoms with Crippen molar-refractivity contribution in [1.29, 1.82) is 0 Å². The van der Waals surface area contributed by atoms with Gasteiger partial charge in [-0.1, -0.05) is 149 Å². The zero-order chi connectivity index (χ0) is 22.0. The molecule has 0 N–H and O–H groups in total. The quantitative estimate of drug-likeness (QED) is 0.114. The van der Waals surface area contributed by atoms with Gasteiger partial charge in [0.2, 0.25) is 0 Å². The minimum atomic E-state index is 1.02. The maximum Gasteiger partial charge on any atom is 0.00886 e. The molecule has 0 amide bonds. The van der Waals surface area contributed by atoms with Crippen LogP contribution in [0.2, 0.25) is 0 Å². The van der Waals surface area contributed by atoms with Gasteiger partial charge in [0.15, 0.2) is 0 Å². The van der Waals surface area contributed by atoms with E-state index in [1.807, 2.05) is 0 Å². The highest BCUT2D eigenvalue weighted by Crippen LogP contribution is 2.23. The Kier molecular flexibility index (Phi) is 26.2. The molecular weight excluding hydrogens is 360 g/mol. The summed E-state index contributed by atoms with van der Waals surface area (Å²) in [5.74, 6) is 7.81. The van der Waals surface area contributed by atoms with Crippen molar-refractivity contribution in [2.45, 2.75) is 175 Å². The lowest BCUT2D eigenvalue weighted by Crippen LogP contribution is -2.00. The summed E-state index contributed by atoms with van der Waals surface area (Å²) in [7, 11) is 0. The van der Waals surface area contributed by atoms with E-state index in [0.717, 1.165) is 18.8 Å². The third-order valence-corrected chi connectivity index (χ3v) is 6.61. The lowest BCUT2D eigenvalue weighted by molar-refractivity contribution is 0.378. The highest BCUT2D eigenvalue weighted by atomic mass is 14.1. The van der Waals surface area contributed by atoms with E-state index in [9.17, 15) is 0 Å². The number of hydrogen-bond donors (Lipinski definition) is 0. The second-order valence-electron chi connectivity index (χ2n) is 9.74. The van der Waals surface area contributed by atoms with Gasteiger partial charge in [0, 0.05) is 12.8 Å². The van der Waals surface area contributed by atoms with Gasteiger partial charge in [-0.05, 0) is 18.8 Å². The molecule has 0 bridgehead atoms. The van der Waals surface area contributed by atoms with Crippen LogP contribution in [0.25, 0.3) is 0 Å². The Balaban J connectivity index is 3.34. The Morgan fingerprint density at radius 2 is 0.733 bits per heavy atom. The maximum absolute atomic E-state index is 3.40. The van der Waals surface area contributed by atoms with Gasteiger partial charge in [0.1, 0.15) is 0 Å². The van der Waals surface area contributed by atoms with Crippen LogP contribution >= 0.6 is 0 Å². The summed E-state index contributed by atoms with van der Waals surface area (Å²) in [6.45, 7) is 6.96. The zero-order valence-electron chi connectivity index (χ0n) is 21.5. The summed E-state index contributed by atoms with van der Waals surface area (Å²) >= 11 is 0. The van der Waals surface area contributed by atoms with E-state index in [0.29, 0.717) is 0 Å². The molecule has 0 fully saturated rings. The Labute approximate surface area is 192 Å². The maximum atomic E-state index is 3.40. The summed E-state index contributed by atoms with van der Waals surface area (Å²) in [5.41, 5.74) is 0. The average molecular weight is 419 g/mol. The van der Waals surface area contributed by atoms with Crippen LogP contribution in [-0.4, -0.2) is 0 Å². The summed E-state index contributed by atoms with van der Waals surface area (Å²) < 4.78 is 0. The van der Waals surface area contributed by atoms with Crippen molar-refractivity contribution in [1.82, 2.24) is 0 Å². The molecule has 1 atom stereocenters. The van der Waals surface area contributed by atoms with Crippen LogP contribution in [0.3, 0.4) is 0 Å². The first-order valence-electron chi connectivity index (χ1n) is 14.3. The summed E-state index contributed by atoms with van der Waals surface area (Å²) in [6.07, 6.45) is 33.6. The Bertz CT molecular complexity index is 358. The highest BCUT2D eigenvalue weighted by Gasteiger charge is 2.07. The smallest absolute Gasteiger partial charge is 0.00886 e. The van der Waals surface area contributed by atoms with Crippen molar-refractivity contribution in [2.24, 2.45) is 5.92 Å². The predicted octanol–water partition coefficient (Wildman–Crippen LogP) is 11.0. The van der Waals surface area contributed by atoms with Crippen molar-refractivity contribution < 1.29 is 0 Å². The van der Waals surface area contributed by atoms with Crippen LogP contribution in [0.1, 0.15) is 175 Å². The fourth-order valence-corrected chi connectivity index (χ4v) is 4.58.